The van der Waals surface area contributed by atoms with Crippen molar-refractivity contribution in [3.8, 4) is 28.6 Å². The van der Waals surface area contributed by atoms with Gasteiger partial charge >= 0.3 is 0 Å². The first kappa shape index (κ1) is 15.1. The minimum atomic E-state index is -0.0322. The van der Waals surface area contributed by atoms with Gasteiger partial charge in [-0.2, -0.15) is 5.10 Å². The highest BCUT2D eigenvalue weighted by Crippen LogP contribution is 2.26. The van der Waals surface area contributed by atoms with Crippen molar-refractivity contribution in [1.82, 2.24) is 14.8 Å². The molecule has 0 aliphatic heterocycles. The predicted molar refractivity (Wildman–Crippen MR) is 85.3 cm³/mol. The van der Waals surface area contributed by atoms with E-state index >= 15 is 0 Å². The summed E-state index contributed by atoms with van der Waals surface area (Å²) >= 11 is 0. The number of aromatic hydroxyl groups is 1. The normalized spacial score (nSPS) is 10.7. The Balaban J connectivity index is 1.74. The molecule has 23 heavy (non-hydrogen) atoms. The summed E-state index contributed by atoms with van der Waals surface area (Å²) in [4.78, 5) is 3.78. The Hall–Kier alpha value is -2.86. The van der Waals surface area contributed by atoms with Gasteiger partial charge in [-0.05, 0) is 43.3 Å². The van der Waals surface area contributed by atoms with Gasteiger partial charge in [0.15, 0.2) is 0 Å². The molecule has 0 bridgehead atoms. The molecule has 118 valence electrons. The second-order valence-corrected chi connectivity index (χ2v) is 4.82. The Labute approximate surface area is 133 Å². The number of ether oxygens (including phenoxy) is 2. The van der Waals surface area contributed by atoms with E-state index in [0.29, 0.717) is 24.8 Å². The third-order valence-corrected chi connectivity index (χ3v) is 3.24. The van der Waals surface area contributed by atoms with E-state index < -0.39 is 0 Å². The van der Waals surface area contributed by atoms with E-state index in [-0.39, 0.29) is 5.88 Å². The van der Waals surface area contributed by atoms with E-state index in [1.54, 1.807) is 12.3 Å². The minimum absolute atomic E-state index is 0.0322. The maximum Gasteiger partial charge on any atom is 0.210 e. The number of hydrogen-bond acceptors (Lipinski definition) is 5. The van der Waals surface area contributed by atoms with Gasteiger partial charge in [0, 0.05) is 24.4 Å². The van der Waals surface area contributed by atoms with Crippen molar-refractivity contribution in [2.75, 3.05) is 6.61 Å². The molecule has 0 saturated heterocycles. The lowest BCUT2D eigenvalue weighted by Gasteiger charge is -2.09. The van der Waals surface area contributed by atoms with Gasteiger partial charge < -0.3 is 14.6 Å². The van der Waals surface area contributed by atoms with Crippen molar-refractivity contribution in [3.05, 3.63) is 54.9 Å². The van der Waals surface area contributed by atoms with Crippen molar-refractivity contribution in [2.24, 2.45) is 0 Å². The third kappa shape index (κ3) is 3.67. The van der Waals surface area contributed by atoms with E-state index in [4.69, 9.17) is 14.6 Å². The Morgan fingerprint density at radius 2 is 1.83 bits per heavy atom. The predicted octanol–water partition coefficient (Wildman–Crippen LogP) is 3.44. The first-order valence-electron chi connectivity index (χ1n) is 7.29. The second kappa shape index (κ2) is 6.93. The summed E-state index contributed by atoms with van der Waals surface area (Å²) < 4.78 is 12.9. The quantitative estimate of drug-likeness (QED) is 0.755. The van der Waals surface area contributed by atoms with Crippen LogP contribution in [0, 0.1) is 0 Å². The lowest BCUT2D eigenvalue weighted by Crippen LogP contribution is -2.05. The first-order valence-corrected chi connectivity index (χ1v) is 7.29. The van der Waals surface area contributed by atoms with Gasteiger partial charge in [-0.15, -0.1) is 0 Å². The minimum Gasteiger partial charge on any atom is -0.493 e. The van der Waals surface area contributed by atoms with Crippen LogP contribution in [0.15, 0.2) is 54.9 Å². The van der Waals surface area contributed by atoms with Gasteiger partial charge in [-0.1, -0.05) is 0 Å². The highest BCUT2D eigenvalue weighted by Gasteiger charge is 2.06. The molecule has 0 amide bonds. The molecule has 2 heterocycles. The fourth-order valence-corrected chi connectivity index (χ4v) is 2.12. The lowest BCUT2D eigenvalue weighted by molar-refractivity contribution is 0.0804. The maximum atomic E-state index is 9.17. The van der Waals surface area contributed by atoms with Crippen molar-refractivity contribution in [2.45, 2.75) is 13.7 Å². The molecule has 0 radical (unpaired) electrons. The number of nitrogens with zero attached hydrogens (tertiary/aromatic N) is 3. The smallest absolute Gasteiger partial charge is 0.210 e. The van der Waals surface area contributed by atoms with Crippen LogP contribution >= 0.6 is 0 Å². The first-order chi connectivity index (χ1) is 11.3. The molecular formula is C17H17N3O3. The molecular weight excluding hydrogens is 294 g/mol. The molecule has 0 fully saturated rings. The maximum absolute atomic E-state index is 9.17. The van der Waals surface area contributed by atoms with Crippen molar-refractivity contribution in [3.63, 3.8) is 0 Å². The van der Waals surface area contributed by atoms with Gasteiger partial charge in [0.1, 0.15) is 18.2 Å². The monoisotopic (exact) mass is 311 g/mol. The third-order valence-electron chi connectivity index (χ3n) is 3.24. The van der Waals surface area contributed by atoms with Crippen LogP contribution in [-0.2, 0) is 11.5 Å². The molecule has 0 atom stereocenters. The topological polar surface area (TPSA) is 69.4 Å². The van der Waals surface area contributed by atoms with Gasteiger partial charge in [0.25, 0.3) is 0 Å². The molecule has 1 N–H and O–H groups in total. The average Bonchev–Trinajstić information content (AvgIpc) is 3.04. The second-order valence-electron chi connectivity index (χ2n) is 4.82. The SMILES string of the molecule is CCOCn1nccc1-c1ccc(Oc2ccc(O)nc2)cc1. The number of rotatable bonds is 6. The van der Waals surface area contributed by atoms with E-state index in [2.05, 4.69) is 10.1 Å². The molecule has 0 unspecified atom stereocenters. The summed E-state index contributed by atoms with van der Waals surface area (Å²) in [5.41, 5.74) is 2.01. The number of hydrogen-bond donors (Lipinski definition) is 1. The highest BCUT2D eigenvalue weighted by atomic mass is 16.5. The molecule has 2 aromatic heterocycles. The highest BCUT2D eigenvalue weighted by molar-refractivity contribution is 5.60. The van der Waals surface area contributed by atoms with Crippen LogP contribution in [0.2, 0.25) is 0 Å². The molecule has 0 aliphatic rings. The summed E-state index contributed by atoms with van der Waals surface area (Å²) in [5, 5.41) is 13.4. The van der Waals surface area contributed by atoms with Crippen LogP contribution in [0.4, 0.5) is 0 Å². The molecule has 6 heteroatoms. The molecule has 3 aromatic rings. The zero-order valence-electron chi connectivity index (χ0n) is 12.7. The van der Waals surface area contributed by atoms with E-state index in [0.717, 1.165) is 11.3 Å². The standard InChI is InChI=1S/C17H17N3O3/c1-2-22-12-20-16(9-10-19-20)13-3-5-14(6-4-13)23-15-7-8-17(21)18-11-15/h3-11H,2,12H2,1H3,(H,18,21). The Morgan fingerprint density at radius 3 is 2.52 bits per heavy atom. The molecule has 1 aromatic carbocycles. The molecule has 6 nitrogen and oxygen atoms in total. The Bertz CT molecular complexity index is 752. The molecule has 0 saturated carbocycles. The van der Waals surface area contributed by atoms with Gasteiger partial charge in [0.2, 0.25) is 5.88 Å². The summed E-state index contributed by atoms with van der Waals surface area (Å²) in [6, 6.07) is 12.8. The van der Waals surface area contributed by atoms with Crippen LogP contribution in [-0.4, -0.2) is 26.5 Å². The van der Waals surface area contributed by atoms with Crippen LogP contribution in [0.1, 0.15) is 6.92 Å². The van der Waals surface area contributed by atoms with E-state index in [1.807, 2.05) is 41.9 Å². The summed E-state index contributed by atoms with van der Waals surface area (Å²) in [7, 11) is 0. The van der Waals surface area contributed by atoms with Crippen LogP contribution in [0.5, 0.6) is 17.4 Å². The van der Waals surface area contributed by atoms with Crippen LogP contribution in [0.3, 0.4) is 0 Å². The molecule has 0 spiro atoms. The lowest BCUT2D eigenvalue weighted by atomic mass is 10.1. The summed E-state index contributed by atoms with van der Waals surface area (Å²) in [6.07, 6.45) is 3.22. The Morgan fingerprint density at radius 1 is 1.04 bits per heavy atom. The molecule has 0 aliphatic carbocycles. The van der Waals surface area contributed by atoms with Gasteiger partial charge in [-0.3, -0.25) is 0 Å². The van der Waals surface area contributed by atoms with Gasteiger partial charge in [-0.25, -0.2) is 9.67 Å². The van der Waals surface area contributed by atoms with Crippen molar-refractivity contribution >= 4 is 0 Å². The number of aromatic nitrogens is 3. The van der Waals surface area contributed by atoms with Gasteiger partial charge in [0.05, 0.1) is 11.9 Å². The fourth-order valence-electron chi connectivity index (χ4n) is 2.12. The zero-order chi connectivity index (χ0) is 16.1. The largest absolute Gasteiger partial charge is 0.493 e. The van der Waals surface area contributed by atoms with Crippen molar-refractivity contribution in [1.29, 1.82) is 0 Å². The number of benzene rings is 1. The Kier molecular flexibility index (Phi) is 4.54. The van der Waals surface area contributed by atoms with E-state index in [9.17, 15) is 0 Å². The number of pyridine rings is 1. The van der Waals surface area contributed by atoms with E-state index in [1.165, 1.54) is 12.3 Å². The summed E-state index contributed by atoms with van der Waals surface area (Å²) in [5.74, 6) is 1.23. The summed E-state index contributed by atoms with van der Waals surface area (Å²) in [6.45, 7) is 3.02. The van der Waals surface area contributed by atoms with Crippen LogP contribution in [0.25, 0.3) is 11.3 Å². The van der Waals surface area contributed by atoms with Crippen molar-refractivity contribution < 1.29 is 14.6 Å². The zero-order valence-corrected chi connectivity index (χ0v) is 12.7. The molecule has 3 rings (SSSR count). The average molecular weight is 311 g/mol. The fraction of sp³-hybridized carbons (Fsp3) is 0.176. The van der Waals surface area contributed by atoms with Crippen LogP contribution < -0.4 is 4.74 Å².